The minimum atomic E-state index is -1.11. The minimum absolute atomic E-state index is 0.104. The number of hydrogen-bond acceptors (Lipinski definition) is 3. The zero-order valence-corrected chi connectivity index (χ0v) is 21.5. The number of carbonyl (C=O) groups is 1. The number of ether oxygens (including phenoxy) is 1. The summed E-state index contributed by atoms with van der Waals surface area (Å²) in [5.74, 6) is -0.996. The van der Waals surface area contributed by atoms with Crippen LogP contribution < -0.4 is 4.90 Å². The van der Waals surface area contributed by atoms with E-state index in [0.717, 1.165) is 45.5 Å². The van der Waals surface area contributed by atoms with Crippen LogP contribution in [0.5, 0.6) is 0 Å². The van der Waals surface area contributed by atoms with Crippen molar-refractivity contribution in [2.24, 2.45) is 0 Å². The van der Waals surface area contributed by atoms with E-state index in [1.165, 1.54) is 0 Å². The maximum atomic E-state index is 12.6. The van der Waals surface area contributed by atoms with Crippen molar-refractivity contribution in [3.63, 3.8) is 0 Å². The van der Waals surface area contributed by atoms with Crippen molar-refractivity contribution in [1.82, 2.24) is 4.57 Å². The molecule has 5 nitrogen and oxygen atoms in total. The van der Waals surface area contributed by atoms with Gasteiger partial charge in [-0.2, -0.15) is 0 Å². The summed E-state index contributed by atoms with van der Waals surface area (Å²) in [5.41, 5.74) is 6.07. The monoisotopic (exact) mass is 468 g/mol. The minimum Gasteiger partial charge on any atom is -0.479 e. The van der Waals surface area contributed by atoms with Crippen LogP contribution in [0.15, 0.2) is 30.3 Å². The van der Waals surface area contributed by atoms with Crippen LogP contribution in [0.1, 0.15) is 57.5 Å². The Balaban J connectivity index is 2.20. The molecule has 6 heteroatoms. The van der Waals surface area contributed by atoms with E-state index in [-0.39, 0.29) is 5.54 Å². The molecular formula is C27H33ClN2O3. The number of likely N-dealkylation sites (N-methyl/N-ethyl adjacent to an activating group) is 1. The molecule has 1 N–H and O–H groups in total. The Morgan fingerprint density at radius 1 is 1.18 bits per heavy atom. The highest BCUT2D eigenvalue weighted by Gasteiger charge is 2.39. The maximum absolute atomic E-state index is 12.6. The molecule has 1 aliphatic rings. The number of aromatic nitrogens is 1. The van der Waals surface area contributed by atoms with E-state index in [4.69, 9.17) is 16.3 Å². The molecule has 1 atom stereocenters. The molecule has 0 bridgehead atoms. The Morgan fingerprint density at radius 2 is 1.79 bits per heavy atom. The zero-order valence-electron chi connectivity index (χ0n) is 20.7. The SMILES string of the molecule is Cc1c([C@H](OC(C)(C)C)C(=O)O)c(-c2ccc(Cl)cc2)c2cc(C)n3c2c1N(C)CC3(C)C. The lowest BCUT2D eigenvalue weighted by molar-refractivity contribution is -0.160. The van der Waals surface area contributed by atoms with Crippen LogP contribution >= 0.6 is 11.6 Å². The molecule has 0 saturated heterocycles. The van der Waals surface area contributed by atoms with Crippen LogP contribution in [0.25, 0.3) is 22.0 Å². The van der Waals surface area contributed by atoms with Gasteiger partial charge >= 0.3 is 5.97 Å². The van der Waals surface area contributed by atoms with Crippen LogP contribution in [-0.2, 0) is 15.1 Å². The summed E-state index contributed by atoms with van der Waals surface area (Å²) in [6, 6.07) is 9.80. The molecule has 0 aliphatic carbocycles. The number of rotatable bonds is 4. The molecule has 176 valence electrons. The molecule has 1 aromatic heterocycles. The van der Waals surface area contributed by atoms with E-state index >= 15 is 0 Å². The molecule has 0 spiro atoms. The lowest BCUT2D eigenvalue weighted by Gasteiger charge is -2.42. The smallest absolute Gasteiger partial charge is 0.337 e. The summed E-state index contributed by atoms with van der Waals surface area (Å²) in [6.07, 6.45) is -1.11. The van der Waals surface area contributed by atoms with Crippen LogP contribution in [0.3, 0.4) is 0 Å². The van der Waals surface area contributed by atoms with E-state index in [0.29, 0.717) is 10.6 Å². The third-order valence-electron chi connectivity index (χ3n) is 6.41. The van der Waals surface area contributed by atoms with Crippen molar-refractivity contribution < 1.29 is 14.6 Å². The van der Waals surface area contributed by atoms with Crippen molar-refractivity contribution in [3.05, 3.63) is 52.2 Å². The van der Waals surface area contributed by atoms with Crippen molar-refractivity contribution in [3.8, 4) is 11.1 Å². The first-order valence-electron chi connectivity index (χ1n) is 11.3. The Morgan fingerprint density at radius 3 is 2.33 bits per heavy atom. The molecule has 33 heavy (non-hydrogen) atoms. The summed E-state index contributed by atoms with van der Waals surface area (Å²) in [5, 5.41) is 12.0. The number of benzene rings is 2. The fourth-order valence-corrected chi connectivity index (χ4v) is 5.65. The van der Waals surface area contributed by atoms with Gasteiger partial charge in [0, 0.05) is 35.3 Å². The van der Waals surface area contributed by atoms with E-state index in [9.17, 15) is 9.90 Å². The molecule has 0 radical (unpaired) electrons. The van der Waals surface area contributed by atoms with Crippen LogP contribution in [0.4, 0.5) is 5.69 Å². The van der Waals surface area contributed by atoms with E-state index in [1.54, 1.807) is 0 Å². The van der Waals surface area contributed by atoms with Gasteiger partial charge in [-0.25, -0.2) is 4.79 Å². The highest BCUT2D eigenvalue weighted by molar-refractivity contribution is 6.30. The number of hydrogen-bond donors (Lipinski definition) is 1. The van der Waals surface area contributed by atoms with Gasteiger partial charge in [0.25, 0.3) is 0 Å². The highest BCUT2D eigenvalue weighted by atomic mass is 35.5. The number of nitrogens with zero attached hydrogens (tertiary/aromatic N) is 2. The van der Waals surface area contributed by atoms with Gasteiger partial charge in [-0.05, 0) is 83.4 Å². The van der Waals surface area contributed by atoms with Gasteiger partial charge < -0.3 is 19.3 Å². The first-order chi connectivity index (χ1) is 15.2. The number of carboxylic acids is 1. The number of anilines is 1. The van der Waals surface area contributed by atoms with Crippen molar-refractivity contribution in [1.29, 1.82) is 0 Å². The Hall–Kier alpha value is -2.50. The molecular weight excluding hydrogens is 436 g/mol. The molecule has 0 unspecified atom stereocenters. The average Bonchev–Trinajstić information content (AvgIpc) is 3.01. The van der Waals surface area contributed by atoms with Crippen molar-refractivity contribution in [2.75, 3.05) is 18.5 Å². The third-order valence-corrected chi connectivity index (χ3v) is 6.66. The lowest BCUT2D eigenvalue weighted by atomic mass is 9.86. The number of aryl methyl sites for hydroxylation is 1. The number of aliphatic carboxylic acids is 1. The van der Waals surface area contributed by atoms with Crippen LogP contribution in [0, 0.1) is 13.8 Å². The maximum Gasteiger partial charge on any atom is 0.337 e. The summed E-state index contributed by atoms with van der Waals surface area (Å²) in [4.78, 5) is 14.9. The van der Waals surface area contributed by atoms with Gasteiger partial charge in [-0.15, -0.1) is 0 Å². The van der Waals surface area contributed by atoms with Crippen molar-refractivity contribution in [2.45, 2.75) is 65.7 Å². The molecule has 1 aliphatic heterocycles. The fourth-order valence-electron chi connectivity index (χ4n) is 5.52. The summed E-state index contributed by atoms with van der Waals surface area (Å²) in [6.45, 7) is 15.1. The highest BCUT2D eigenvalue weighted by Crippen LogP contribution is 2.49. The summed E-state index contributed by atoms with van der Waals surface area (Å²) in [7, 11) is 2.08. The Labute approximate surface area is 200 Å². The first kappa shape index (κ1) is 23.7. The Bertz CT molecular complexity index is 1250. The average molecular weight is 469 g/mol. The van der Waals surface area contributed by atoms with Crippen molar-refractivity contribution >= 4 is 34.2 Å². The fraction of sp³-hybridized carbons (Fsp3) is 0.444. The van der Waals surface area contributed by atoms with Gasteiger partial charge in [-0.3, -0.25) is 0 Å². The molecule has 2 heterocycles. The molecule has 0 fully saturated rings. The van der Waals surface area contributed by atoms with E-state index in [2.05, 4.69) is 43.4 Å². The van der Waals surface area contributed by atoms with Crippen LogP contribution in [-0.4, -0.2) is 34.8 Å². The molecule has 3 aromatic rings. The molecule has 0 saturated carbocycles. The number of halogens is 1. The summed E-state index contributed by atoms with van der Waals surface area (Å²) >= 11 is 6.20. The van der Waals surface area contributed by atoms with E-state index in [1.807, 2.05) is 52.0 Å². The second-order valence-electron chi connectivity index (χ2n) is 10.8. The second-order valence-corrected chi connectivity index (χ2v) is 11.2. The predicted octanol–water partition coefficient (Wildman–Crippen LogP) is 6.70. The van der Waals surface area contributed by atoms with Gasteiger partial charge in [0.1, 0.15) is 0 Å². The second kappa shape index (κ2) is 7.78. The third kappa shape index (κ3) is 3.91. The molecule has 4 rings (SSSR count). The normalized spacial score (nSPS) is 16.3. The standard InChI is InChI=1S/C27H33ClN2O3/c1-15-13-19-21(17-9-11-18(28)12-10-17)20(24(25(31)32)33-26(3,4)5)16(2)22-23(19)30(15)27(6,7)14-29(22)8/h9-13,24H,14H2,1-8H3,(H,31,32)/t24-/m0/s1. The zero-order chi connectivity index (χ0) is 24.5. The Kier molecular flexibility index (Phi) is 5.58. The quantitative estimate of drug-likeness (QED) is 0.462. The first-order valence-corrected chi connectivity index (χ1v) is 11.7. The van der Waals surface area contributed by atoms with Gasteiger partial charge in [0.2, 0.25) is 0 Å². The molecule has 0 amide bonds. The van der Waals surface area contributed by atoms with Gasteiger partial charge in [0.05, 0.1) is 22.3 Å². The lowest BCUT2D eigenvalue weighted by Crippen LogP contribution is -2.44. The predicted molar refractivity (Wildman–Crippen MR) is 136 cm³/mol. The molecule has 2 aromatic carbocycles. The topological polar surface area (TPSA) is 54.7 Å². The van der Waals surface area contributed by atoms with Gasteiger partial charge in [-0.1, -0.05) is 23.7 Å². The van der Waals surface area contributed by atoms with Crippen LogP contribution in [0.2, 0.25) is 5.02 Å². The summed E-state index contributed by atoms with van der Waals surface area (Å²) < 4.78 is 8.58. The van der Waals surface area contributed by atoms with E-state index < -0.39 is 17.7 Å². The largest absolute Gasteiger partial charge is 0.479 e. The number of carboxylic acid groups (broad SMARTS) is 1. The van der Waals surface area contributed by atoms with Gasteiger partial charge in [0.15, 0.2) is 6.10 Å².